The molecule has 0 amide bonds. The van der Waals surface area contributed by atoms with Gasteiger partial charge in [0.05, 0.1) is 17.6 Å². The Morgan fingerprint density at radius 1 is 1.33 bits per heavy atom. The van der Waals surface area contributed by atoms with Gasteiger partial charge in [0.25, 0.3) is 0 Å². The van der Waals surface area contributed by atoms with Crippen LogP contribution in [0, 0.1) is 0 Å². The first-order valence-corrected chi connectivity index (χ1v) is 9.17. The maximum absolute atomic E-state index is 6.07. The highest BCUT2D eigenvalue weighted by atomic mass is 16.5. The molecule has 2 atom stereocenters. The molecule has 3 heterocycles. The molecular weight excluding hydrogens is 342 g/mol. The molecule has 0 saturated carbocycles. The van der Waals surface area contributed by atoms with Crippen LogP contribution in [0.1, 0.15) is 31.1 Å². The highest BCUT2D eigenvalue weighted by molar-refractivity contribution is 5.94. The molecule has 2 aliphatic rings. The normalized spacial score (nSPS) is 20.4. The maximum atomic E-state index is 6.07. The Morgan fingerprint density at radius 3 is 3.04 bits per heavy atom. The second-order valence-electron chi connectivity index (χ2n) is 6.87. The van der Waals surface area contributed by atoms with Crippen LogP contribution in [0.5, 0.6) is 11.5 Å². The zero-order chi connectivity index (χ0) is 18.5. The van der Waals surface area contributed by atoms with Gasteiger partial charge in [-0.2, -0.15) is 0 Å². The zero-order valence-electron chi connectivity index (χ0n) is 15.3. The highest BCUT2D eigenvalue weighted by Crippen LogP contribution is 2.41. The summed E-state index contributed by atoms with van der Waals surface area (Å²) in [7, 11) is 0. The summed E-state index contributed by atoms with van der Waals surface area (Å²) in [4.78, 5) is 9.33. The molecule has 3 aromatic rings. The number of anilines is 1. The number of nitrogens with one attached hydrogen (secondary N) is 1. The summed E-state index contributed by atoms with van der Waals surface area (Å²) in [6.45, 7) is 4.63. The molecule has 0 fully saturated rings. The van der Waals surface area contributed by atoms with E-state index in [2.05, 4.69) is 28.3 Å². The fourth-order valence-corrected chi connectivity index (χ4v) is 3.86. The van der Waals surface area contributed by atoms with E-state index in [-0.39, 0.29) is 12.3 Å². The van der Waals surface area contributed by atoms with Crippen molar-refractivity contribution in [2.75, 3.05) is 11.9 Å². The number of aliphatic imine (C=N–C) groups is 1. The van der Waals surface area contributed by atoms with E-state index in [0.29, 0.717) is 18.5 Å². The lowest BCUT2D eigenvalue weighted by Crippen LogP contribution is -2.31. The van der Waals surface area contributed by atoms with Crippen molar-refractivity contribution >= 4 is 22.9 Å². The van der Waals surface area contributed by atoms with Crippen molar-refractivity contribution in [3.05, 3.63) is 47.5 Å². The molecule has 0 spiro atoms. The first-order chi connectivity index (χ1) is 13.1. The van der Waals surface area contributed by atoms with E-state index in [9.17, 15) is 0 Å². The number of fused-ring (bicyclic) bond motifs is 4. The summed E-state index contributed by atoms with van der Waals surface area (Å²) in [5.74, 6) is 2.70. The van der Waals surface area contributed by atoms with Crippen LogP contribution in [-0.4, -0.2) is 28.2 Å². The van der Waals surface area contributed by atoms with Gasteiger partial charge >= 0.3 is 0 Å². The minimum Gasteiger partial charge on any atom is -0.493 e. The number of ether oxygens (including phenoxy) is 2. The lowest BCUT2D eigenvalue weighted by Gasteiger charge is -2.25. The molecule has 7 heteroatoms. The van der Waals surface area contributed by atoms with Gasteiger partial charge in [0.15, 0.2) is 12.1 Å². The van der Waals surface area contributed by atoms with Crippen molar-refractivity contribution in [2.45, 2.75) is 32.5 Å². The largest absolute Gasteiger partial charge is 0.493 e. The van der Waals surface area contributed by atoms with Crippen LogP contribution >= 0.6 is 0 Å². The van der Waals surface area contributed by atoms with Crippen LogP contribution in [0.4, 0.5) is 5.95 Å². The summed E-state index contributed by atoms with van der Waals surface area (Å²) < 4.78 is 14.0. The third-order valence-electron chi connectivity index (χ3n) is 4.95. The van der Waals surface area contributed by atoms with Crippen LogP contribution in [0.25, 0.3) is 11.0 Å². The number of imidazole rings is 1. The molecule has 2 aromatic carbocycles. The van der Waals surface area contributed by atoms with E-state index in [4.69, 9.17) is 15.2 Å². The summed E-state index contributed by atoms with van der Waals surface area (Å²) in [6.07, 6.45) is 0.669. The van der Waals surface area contributed by atoms with Crippen molar-refractivity contribution < 1.29 is 9.47 Å². The van der Waals surface area contributed by atoms with Gasteiger partial charge in [-0.25, -0.2) is 9.98 Å². The molecule has 7 nitrogen and oxygen atoms in total. The molecule has 27 heavy (non-hydrogen) atoms. The Balaban J connectivity index is 1.73. The molecular formula is C20H21N5O2. The highest BCUT2D eigenvalue weighted by Gasteiger charge is 2.30. The molecule has 2 aliphatic heterocycles. The van der Waals surface area contributed by atoms with E-state index >= 15 is 0 Å². The predicted molar refractivity (Wildman–Crippen MR) is 105 cm³/mol. The molecule has 0 bridgehead atoms. The van der Waals surface area contributed by atoms with Gasteiger partial charge in [0.1, 0.15) is 17.6 Å². The molecule has 2 unspecified atom stereocenters. The third-order valence-corrected chi connectivity index (χ3v) is 4.95. The van der Waals surface area contributed by atoms with Gasteiger partial charge in [0.2, 0.25) is 5.95 Å². The summed E-state index contributed by atoms with van der Waals surface area (Å²) >= 11 is 0. The lowest BCUT2D eigenvalue weighted by molar-refractivity contribution is 0.254. The second kappa shape index (κ2) is 5.90. The van der Waals surface area contributed by atoms with Gasteiger partial charge in [-0.1, -0.05) is 12.1 Å². The van der Waals surface area contributed by atoms with E-state index in [0.717, 1.165) is 40.1 Å². The Bertz CT molecular complexity index is 1070. The fourth-order valence-electron chi connectivity index (χ4n) is 3.86. The Morgan fingerprint density at radius 2 is 2.19 bits per heavy atom. The van der Waals surface area contributed by atoms with E-state index in [1.807, 2.05) is 41.8 Å². The van der Waals surface area contributed by atoms with Gasteiger partial charge < -0.3 is 15.2 Å². The SMILES string of the molecule is CCOc1cc2c(cc1C1N=C(N)Nc3nc4ccccc4n31)OC(C)C2. The van der Waals surface area contributed by atoms with Crippen molar-refractivity contribution in [3.63, 3.8) is 0 Å². The Labute approximate surface area is 156 Å². The lowest BCUT2D eigenvalue weighted by atomic mass is 10.0. The first-order valence-electron chi connectivity index (χ1n) is 9.17. The van der Waals surface area contributed by atoms with E-state index in [1.54, 1.807) is 0 Å². The third kappa shape index (κ3) is 2.50. The van der Waals surface area contributed by atoms with Gasteiger partial charge in [-0.05, 0) is 38.1 Å². The minimum absolute atomic E-state index is 0.163. The zero-order valence-corrected chi connectivity index (χ0v) is 15.3. The summed E-state index contributed by atoms with van der Waals surface area (Å²) in [5.41, 5.74) is 10.0. The predicted octanol–water partition coefficient (Wildman–Crippen LogP) is 3.05. The van der Waals surface area contributed by atoms with Crippen molar-refractivity contribution in [1.82, 2.24) is 9.55 Å². The molecule has 138 valence electrons. The molecule has 0 radical (unpaired) electrons. The average Bonchev–Trinajstić information content (AvgIpc) is 3.19. The minimum atomic E-state index is -0.375. The molecule has 0 saturated heterocycles. The number of aromatic nitrogens is 2. The van der Waals surface area contributed by atoms with Crippen LogP contribution in [-0.2, 0) is 6.42 Å². The summed E-state index contributed by atoms with van der Waals surface area (Å²) in [6, 6.07) is 12.1. The number of guanidine groups is 1. The molecule has 5 rings (SSSR count). The molecule has 3 N–H and O–H groups in total. The smallest absolute Gasteiger partial charge is 0.212 e. The Kier molecular flexibility index (Phi) is 3.50. The van der Waals surface area contributed by atoms with Crippen LogP contribution < -0.4 is 20.5 Å². The number of rotatable bonds is 3. The van der Waals surface area contributed by atoms with Gasteiger partial charge in [-0.15, -0.1) is 0 Å². The maximum Gasteiger partial charge on any atom is 0.212 e. The van der Waals surface area contributed by atoms with Gasteiger partial charge in [0, 0.05) is 17.5 Å². The monoisotopic (exact) mass is 363 g/mol. The van der Waals surface area contributed by atoms with E-state index in [1.165, 1.54) is 0 Å². The van der Waals surface area contributed by atoms with Gasteiger partial charge in [-0.3, -0.25) is 9.88 Å². The van der Waals surface area contributed by atoms with Crippen molar-refractivity contribution in [3.8, 4) is 11.5 Å². The first kappa shape index (κ1) is 16.0. The van der Waals surface area contributed by atoms with Crippen LogP contribution in [0.2, 0.25) is 0 Å². The number of benzene rings is 2. The second-order valence-corrected chi connectivity index (χ2v) is 6.87. The standard InChI is InChI=1S/C20H21N5O2/c1-3-26-17-9-12-8-11(2)27-16(12)10-13(17)18-23-19(21)24-20-22-14-6-4-5-7-15(14)25(18)20/h4-7,9-11,18H,3,8H2,1-2H3,(H3,21,22,23,24). The van der Waals surface area contributed by atoms with E-state index < -0.39 is 0 Å². The molecule has 1 aromatic heterocycles. The van der Waals surface area contributed by atoms with Crippen LogP contribution in [0.3, 0.4) is 0 Å². The number of hydrogen-bond donors (Lipinski definition) is 2. The van der Waals surface area contributed by atoms with Crippen molar-refractivity contribution in [1.29, 1.82) is 0 Å². The number of para-hydroxylation sites is 2. The number of hydrogen-bond acceptors (Lipinski definition) is 6. The average molecular weight is 363 g/mol. The topological polar surface area (TPSA) is 86.7 Å². The van der Waals surface area contributed by atoms with Crippen molar-refractivity contribution in [2.24, 2.45) is 10.7 Å². The summed E-state index contributed by atoms with van der Waals surface area (Å²) in [5, 5.41) is 3.07. The molecule has 0 aliphatic carbocycles. The quantitative estimate of drug-likeness (QED) is 0.747. The fraction of sp³-hybridized carbons (Fsp3) is 0.300. The number of nitrogens with zero attached hydrogens (tertiary/aromatic N) is 3. The number of nitrogens with two attached hydrogens (primary N) is 1. The Hall–Kier alpha value is -3.22. The van der Waals surface area contributed by atoms with Crippen LogP contribution in [0.15, 0.2) is 41.4 Å².